The Kier molecular flexibility index (Phi) is 9.59. The van der Waals surface area contributed by atoms with E-state index in [4.69, 9.17) is 14.5 Å². The Morgan fingerprint density at radius 2 is 1.74 bits per heavy atom. The molecule has 3 aromatic carbocycles. The van der Waals surface area contributed by atoms with Crippen LogP contribution in [0.3, 0.4) is 0 Å². The highest BCUT2D eigenvalue weighted by Gasteiger charge is 2.30. The Bertz CT molecular complexity index is 1550. The number of hydrogen-bond donors (Lipinski definition) is 1. The molecule has 10 heteroatoms. The van der Waals surface area contributed by atoms with Gasteiger partial charge in [-0.3, -0.25) is 4.90 Å². The second-order valence-corrected chi connectivity index (χ2v) is 13.1. The second kappa shape index (κ2) is 13.4. The summed E-state index contributed by atoms with van der Waals surface area (Å²) in [4.78, 5) is 23.6. The van der Waals surface area contributed by atoms with Crippen molar-refractivity contribution in [2.24, 2.45) is 0 Å². The molecule has 1 N–H and O–H groups in total. The first-order valence-electron chi connectivity index (χ1n) is 14.1. The molecule has 0 unspecified atom stereocenters. The lowest BCUT2D eigenvalue weighted by molar-refractivity contribution is -0.152. The minimum atomic E-state index is -1.31. The standard InChI is InChI=1S/C33H36FN3O4S2/c1-22-19-27(13-14-29(22)41-33(2,3)32(38)39)42-21-30-28(35-31(43-30)23-5-7-24(34)8-6-23)20-36-15-17-37(18-16-36)25-9-11-26(40-4)12-10-25/h5-14,19H,15-18,20-21H2,1-4H3,(H,38,39). The molecular weight excluding hydrogens is 586 g/mol. The van der Waals surface area contributed by atoms with Gasteiger partial charge in [0.2, 0.25) is 0 Å². The number of aromatic nitrogens is 1. The van der Waals surface area contributed by atoms with Gasteiger partial charge in [0.05, 0.1) is 12.8 Å². The van der Waals surface area contributed by atoms with Crippen molar-refractivity contribution < 1.29 is 23.8 Å². The number of thioether (sulfide) groups is 1. The van der Waals surface area contributed by atoms with Crippen LogP contribution in [0.25, 0.3) is 10.6 Å². The summed E-state index contributed by atoms with van der Waals surface area (Å²) in [5, 5.41) is 10.3. The molecule has 4 aromatic rings. The third-order valence-electron chi connectivity index (χ3n) is 7.45. The zero-order chi connectivity index (χ0) is 30.6. The molecule has 1 aliphatic heterocycles. The van der Waals surface area contributed by atoms with E-state index in [-0.39, 0.29) is 5.82 Å². The van der Waals surface area contributed by atoms with Gasteiger partial charge in [-0.05, 0) is 93.1 Å². The molecule has 5 rings (SSSR count). The summed E-state index contributed by atoms with van der Waals surface area (Å²) in [6.07, 6.45) is 0. The topological polar surface area (TPSA) is 75.1 Å². The van der Waals surface area contributed by atoms with Gasteiger partial charge in [0.15, 0.2) is 5.60 Å². The molecule has 0 spiro atoms. The first-order chi connectivity index (χ1) is 20.6. The Labute approximate surface area is 260 Å². The summed E-state index contributed by atoms with van der Waals surface area (Å²) < 4.78 is 24.7. The number of benzene rings is 3. The van der Waals surface area contributed by atoms with Crippen LogP contribution in [-0.4, -0.2) is 59.8 Å². The minimum absolute atomic E-state index is 0.263. The van der Waals surface area contributed by atoms with Crippen LogP contribution in [0.2, 0.25) is 0 Å². The van der Waals surface area contributed by atoms with Crippen LogP contribution in [0.15, 0.2) is 71.6 Å². The maximum Gasteiger partial charge on any atom is 0.347 e. The first kappa shape index (κ1) is 30.8. The molecule has 0 amide bonds. The summed E-state index contributed by atoms with van der Waals surface area (Å²) in [6.45, 7) is 9.47. The first-order valence-corrected chi connectivity index (χ1v) is 15.9. The molecular formula is C33H36FN3O4S2. The Balaban J connectivity index is 1.29. The molecule has 0 aliphatic carbocycles. The van der Waals surface area contributed by atoms with Crippen molar-refractivity contribution in [3.05, 3.63) is 88.7 Å². The lowest BCUT2D eigenvalue weighted by atomic mass is 10.1. The van der Waals surface area contributed by atoms with Crippen LogP contribution in [0.1, 0.15) is 30.0 Å². The van der Waals surface area contributed by atoms with Gasteiger partial charge in [0.25, 0.3) is 0 Å². The fraction of sp³-hybridized carbons (Fsp3) is 0.333. The minimum Gasteiger partial charge on any atom is -0.497 e. The summed E-state index contributed by atoms with van der Waals surface area (Å²) in [6, 6.07) is 20.5. The van der Waals surface area contributed by atoms with Crippen LogP contribution in [0.5, 0.6) is 11.5 Å². The summed E-state index contributed by atoms with van der Waals surface area (Å²) in [5.41, 5.74) is 2.73. The fourth-order valence-electron chi connectivity index (χ4n) is 4.80. The van der Waals surface area contributed by atoms with E-state index in [0.29, 0.717) is 5.75 Å². The number of carbonyl (C=O) groups is 1. The van der Waals surface area contributed by atoms with E-state index in [9.17, 15) is 14.3 Å². The number of rotatable bonds is 11. The van der Waals surface area contributed by atoms with Crippen LogP contribution in [-0.2, 0) is 17.1 Å². The largest absolute Gasteiger partial charge is 0.497 e. The number of ether oxygens (including phenoxy) is 2. The summed E-state index contributed by atoms with van der Waals surface area (Å²) in [5.74, 6) is 0.875. The van der Waals surface area contributed by atoms with Crippen LogP contribution >= 0.6 is 23.1 Å². The van der Waals surface area contributed by atoms with Gasteiger partial charge in [-0.1, -0.05) is 0 Å². The van der Waals surface area contributed by atoms with Gasteiger partial charge < -0.3 is 19.5 Å². The van der Waals surface area contributed by atoms with Gasteiger partial charge in [-0.25, -0.2) is 14.2 Å². The van der Waals surface area contributed by atoms with Gasteiger partial charge in [0.1, 0.15) is 22.3 Å². The van der Waals surface area contributed by atoms with Crippen molar-refractivity contribution in [2.45, 2.75) is 43.6 Å². The fourth-order valence-corrected chi connectivity index (χ4v) is 6.97. The highest BCUT2D eigenvalue weighted by molar-refractivity contribution is 7.98. The monoisotopic (exact) mass is 621 g/mol. The molecule has 1 aliphatic rings. The van der Waals surface area contributed by atoms with Gasteiger partial charge in [0, 0.05) is 59.5 Å². The number of methoxy groups -OCH3 is 1. The molecule has 0 atom stereocenters. The van der Waals surface area contributed by atoms with Gasteiger partial charge >= 0.3 is 5.97 Å². The lowest BCUT2D eigenvalue weighted by Crippen LogP contribution is -2.46. The third-order valence-corrected chi connectivity index (χ3v) is 9.80. The Morgan fingerprint density at radius 1 is 1.05 bits per heavy atom. The van der Waals surface area contributed by atoms with E-state index in [0.717, 1.165) is 71.0 Å². The number of nitrogens with zero attached hydrogens (tertiary/aromatic N) is 3. The normalized spacial score (nSPS) is 14.1. The SMILES string of the molecule is COc1ccc(N2CCN(Cc3nc(-c4ccc(F)cc4)sc3CSc3ccc(OC(C)(C)C(=O)O)c(C)c3)CC2)cc1. The summed E-state index contributed by atoms with van der Waals surface area (Å²) in [7, 11) is 1.68. The van der Waals surface area contributed by atoms with Gasteiger partial charge in [-0.2, -0.15) is 0 Å². The van der Waals surface area contributed by atoms with Crippen molar-refractivity contribution in [3.8, 4) is 22.1 Å². The zero-order valence-corrected chi connectivity index (χ0v) is 26.4. The molecule has 7 nitrogen and oxygen atoms in total. The van der Waals surface area contributed by atoms with Crippen LogP contribution in [0.4, 0.5) is 10.1 Å². The molecule has 1 aromatic heterocycles. The van der Waals surface area contributed by atoms with E-state index in [1.807, 2.05) is 37.3 Å². The number of thiazole rings is 1. The predicted molar refractivity (Wildman–Crippen MR) is 171 cm³/mol. The highest BCUT2D eigenvalue weighted by Crippen LogP contribution is 2.35. The van der Waals surface area contributed by atoms with E-state index < -0.39 is 11.6 Å². The van der Waals surface area contributed by atoms with Crippen molar-refractivity contribution >= 4 is 34.8 Å². The maximum atomic E-state index is 13.6. The van der Waals surface area contributed by atoms with Crippen molar-refractivity contribution in [1.29, 1.82) is 0 Å². The summed E-state index contributed by atoms with van der Waals surface area (Å²) >= 11 is 3.36. The van der Waals surface area contributed by atoms with Crippen molar-refractivity contribution in [3.63, 3.8) is 0 Å². The highest BCUT2D eigenvalue weighted by atomic mass is 32.2. The van der Waals surface area contributed by atoms with E-state index in [1.54, 1.807) is 56.2 Å². The molecule has 226 valence electrons. The quantitative estimate of drug-likeness (QED) is 0.178. The van der Waals surface area contributed by atoms with Crippen molar-refractivity contribution in [1.82, 2.24) is 9.88 Å². The van der Waals surface area contributed by atoms with Crippen molar-refractivity contribution in [2.75, 3.05) is 38.2 Å². The average molecular weight is 622 g/mol. The number of aliphatic carboxylic acids is 1. The average Bonchev–Trinajstić information content (AvgIpc) is 3.40. The molecule has 0 saturated carbocycles. The molecule has 1 fully saturated rings. The third kappa shape index (κ3) is 7.68. The number of anilines is 1. The van der Waals surface area contributed by atoms with E-state index in [2.05, 4.69) is 21.9 Å². The second-order valence-electron chi connectivity index (χ2n) is 11.0. The molecule has 0 bridgehead atoms. The molecule has 1 saturated heterocycles. The predicted octanol–water partition coefficient (Wildman–Crippen LogP) is 7.12. The van der Waals surface area contributed by atoms with Gasteiger partial charge in [-0.15, -0.1) is 23.1 Å². The number of hydrogen-bond acceptors (Lipinski definition) is 8. The molecule has 2 heterocycles. The smallest absolute Gasteiger partial charge is 0.347 e. The van der Waals surface area contributed by atoms with E-state index >= 15 is 0 Å². The van der Waals surface area contributed by atoms with Crippen LogP contribution in [0, 0.1) is 12.7 Å². The lowest BCUT2D eigenvalue weighted by Gasteiger charge is -2.36. The number of piperazine rings is 1. The molecule has 43 heavy (non-hydrogen) atoms. The molecule has 0 radical (unpaired) electrons. The zero-order valence-electron chi connectivity index (χ0n) is 24.8. The Morgan fingerprint density at radius 3 is 2.37 bits per heavy atom. The number of carboxylic acid groups (broad SMARTS) is 1. The van der Waals surface area contributed by atoms with Crippen LogP contribution < -0.4 is 14.4 Å². The number of aryl methyl sites for hydroxylation is 1. The maximum absolute atomic E-state index is 13.6. The number of halogens is 1. The number of carboxylic acids is 1. The van der Waals surface area contributed by atoms with E-state index in [1.165, 1.54) is 22.7 Å². The Hall–Kier alpha value is -3.60.